The zero-order valence-electron chi connectivity index (χ0n) is 4.91. The van der Waals surface area contributed by atoms with Gasteiger partial charge in [-0.15, -0.1) is 0 Å². The van der Waals surface area contributed by atoms with E-state index in [2.05, 4.69) is 33.7 Å². The Labute approximate surface area is 103 Å². The topological polar surface area (TPSA) is 34.1 Å². The summed E-state index contributed by atoms with van der Waals surface area (Å²) < 4.78 is 7.55. The first-order valence-electron chi connectivity index (χ1n) is 1.90. The van der Waals surface area contributed by atoms with Crippen LogP contribution in [0.2, 0.25) is 0 Å². The minimum atomic E-state index is -3.22. The van der Waals surface area contributed by atoms with Crippen LogP contribution in [0.15, 0.2) is 0 Å². The first-order chi connectivity index (χ1) is 4.94. The molecule has 12 heavy (non-hydrogen) atoms. The third kappa shape index (κ3) is 22.7. The Morgan fingerprint density at radius 3 is 1.17 bits per heavy atom. The van der Waals surface area contributed by atoms with Gasteiger partial charge in [0.15, 0.2) is 0 Å². The summed E-state index contributed by atoms with van der Waals surface area (Å²) in [4.78, 5) is 9.83. The second kappa shape index (κ2) is 6.42. The van der Waals surface area contributed by atoms with Crippen LogP contribution in [0.3, 0.4) is 0 Å². The molecule has 0 fully saturated rings. The molecule has 0 saturated carbocycles. The standard InChI is InChI=1S/C2Cl4O.Cl3OP/c3-1(7)2(4,5)6;1-5(2,3)4. The van der Waals surface area contributed by atoms with E-state index >= 15 is 0 Å². The lowest BCUT2D eigenvalue weighted by Crippen LogP contribution is -2.10. The van der Waals surface area contributed by atoms with Crippen LogP contribution < -0.4 is 0 Å². The van der Waals surface area contributed by atoms with E-state index in [1.54, 1.807) is 0 Å². The van der Waals surface area contributed by atoms with Crippen molar-refractivity contribution in [2.24, 2.45) is 0 Å². The lowest BCUT2D eigenvalue weighted by Gasteiger charge is -1.99. The summed E-state index contributed by atoms with van der Waals surface area (Å²) in [7, 11) is 0. The van der Waals surface area contributed by atoms with Crippen molar-refractivity contribution in [2.45, 2.75) is 3.79 Å². The van der Waals surface area contributed by atoms with Crippen LogP contribution in [-0.2, 0) is 9.36 Å². The molecular formula is C2Cl7O2P. The van der Waals surface area contributed by atoms with Gasteiger partial charge >= 0.3 is 5.20 Å². The van der Waals surface area contributed by atoms with Crippen LogP contribution >= 0.6 is 85.3 Å². The predicted molar refractivity (Wildman–Crippen MR) is 56.3 cm³/mol. The highest BCUT2D eigenvalue weighted by atomic mass is 36.0. The Kier molecular flexibility index (Phi) is 8.75. The fraction of sp³-hybridized carbons (Fsp3) is 0.500. The van der Waals surface area contributed by atoms with Crippen molar-refractivity contribution in [3.05, 3.63) is 0 Å². The van der Waals surface area contributed by atoms with Gasteiger partial charge < -0.3 is 0 Å². The molecular weight excluding hydrogens is 335 g/mol. The van der Waals surface area contributed by atoms with Gasteiger partial charge in [0.2, 0.25) is 0 Å². The number of alkyl halides is 3. The Balaban J connectivity index is 0. The lowest BCUT2D eigenvalue weighted by atomic mass is 10.9. The van der Waals surface area contributed by atoms with E-state index in [-0.39, 0.29) is 0 Å². The van der Waals surface area contributed by atoms with Gasteiger partial charge in [-0.2, -0.15) is 0 Å². The van der Waals surface area contributed by atoms with E-state index in [4.69, 9.17) is 46.4 Å². The number of hydrogen-bond donors (Lipinski definition) is 0. The quantitative estimate of drug-likeness (QED) is 0.357. The van der Waals surface area contributed by atoms with Gasteiger partial charge in [0.1, 0.15) is 0 Å². The van der Waals surface area contributed by atoms with Crippen molar-refractivity contribution in [1.29, 1.82) is 0 Å². The van der Waals surface area contributed by atoms with Crippen LogP contribution in [0.25, 0.3) is 0 Å². The van der Waals surface area contributed by atoms with Crippen molar-refractivity contribution in [3.8, 4) is 0 Å². The lowest BCUT2D eigenvalue weighted by molar-refractivity contribution is -0.110. The summed E-state index contributed by atoms with van der Waals surface area (Å²) >= 11 is 33.3. The molecule has 0 atom stereocenters. The van der Waals surface area contributed by atoms with E-state index in [0.29, 0.717) is 0 Å². The maximum atomic E-state index is 9.83. The van der Waals surface area contributed by atoms with Gasteiger partial charge in [-0.05, 0) is 45.3 Å². The number of hydrogen-bond acceptors (Lipinski definition) is 2. The highest BCUT2D eigenvalue weighted by molar-refractivity contribution is 8.24. The highest BCUT2D eigenvalue weighted by Gasteiger charge is 2.27. The first-order valence-corrected chi connectivity index (χ1v) is 7.83. The minimum Gasteiger partial charge on any atom is -0.276 e. The Bertz CT molecular complexity index is 182. The van der Waals surface area contributed by atoms with Crippen molar-refractivity contribution in [3.63, 3.8) is 0 Å². The number of carbonyl (C=O) groups excluding carboxylic acids is 1. The summed E-state index contributed by atoms with van der Waals surface area (Å²) in [6.07, 6.45) is 0. The largest absolute Gasteiger partial charge is 0.339 e. The molecule has 2 nitrogen and oxygen atoms in total. The molecule has 0 aliphatic rings. The zero-order valence-corrected chi connectivity index (χ0v) is 11.1. The third-order valence-electron chi connectivity index (χ3n) is 0.223. The summed E-state index contributed by atoms with van der Waals surface area (Å²) in [6, 6.07) is 0. The fourth-order valence-electron chi connectivity index (χ4n) is 0. The molecule has 0 amide bonds. The van der Waals surface area contributed by atoms with Gasteiger partial charge in [0.05, 0.1) is 0 Å². The maximum Gasteiger partial charge on any atom is 0.339 e. The average Bonchev–Trinajstić information content (AvgIpc) is 1.55. The molecule has 0 saturated heterocycles. The average molecular weight is 335 g/mol. The molecule has 0 aliphatic carbocycles. The van der Waals surface area contributed by atoms with E-state index in [9.17, 15) is 9.36 Å². The first kappa shape index (κ1) is 16.4. The third-order valence-corrected chi connectivity index (χ3v) is 1.31. The number of rotatable bonds is 0. The number of carbonyl (C=O) groups is 1. The second-order valence-electron chi connectivity index (χ2n) is 1.17. The molecule has 0 radical (unpaired) electrons. The highest BCUT2D eigenvalue weighted by Crippen LogP contribution is 2.61. The van der Waals surface area contributed by atoms with Gasteiger partial charge in [-0.1, -0.05) is 34.8 Å². The van der Waals surface area contributed by atoms with Crippen molar-refractivity contribution >= 4 is 90.6 Å². The van der Waals surface area contributed by atoms with Gasteiger partial charge in [-0.25, -0.2) is 0 Å². The molecule has 0 bridgehead atoms. The number of halogens is 7. The Morgan fingerprint density at radius 2 is 1.17 bits per heavy atom. The summed E-state index contributed by atoms with van der Waals surface area (Å²) in [5.41, 5.74) is 0. The normalized spacial score (nSPS) is 11.6. The van der Waals surface area contributed by atoms with E-state index in [1.807, 2.05) is 0 Å². The molecule has 0 rings (SSSR count). The monoisotopic (exact) mass is 332 g/mol. The Morgan fingerprint density at radius 1 is 1.08 bits per heavy atom. The van der Waals surface area contributed by atoms with E-state index in [1.165, 1.54) is 0 Å². The maximum absolute atomic E-state index is 9.83. The Hall–Kier alpha value is 1.93. The van der Waals surface area contributed by atoms with Crippen molar-refractivity contribution in [1.82, 2.24) is 0 Å². The zero-order chi connectivity index (χ0) is 10.6. The molecule has 0 aromatic carbocycles. The molecule has 0 N–H and O–H groups in total. The predicted octanol–water partition coefficient (Wildman–Crippen LogP) is 4.93. The second-order valence-corrected chi connectivity index (χ2v) is 10.4. The SMILES string of the molecule is O=C(Cl)C(Cl)(Cl)Cl.O=P(Cl)(Cl)Cl. The van der Waals surface area contributed by atoms with Gasteiger partial charge in [0, 0.05) is 0 Å². The molecule has 10 heteroatoms. The smallest absolute Gasteiger partial charge is 0.276 e. The van der Waals surface area contributed by atoms with Gasteiger partial charge in [0.25, 0.3) is 9.03 Å². The molecule has 0 spiro atoms. The summed E-state index contributed by atoms with van der Waals surface area (Å²) in [5, 5.41) is -4.21. The fourth-order valence-corrected chi connectivity index (χ4v) is 0. The molecule has 74 valence electrons. The van der Waals surface area contributed by atoms with E-state index in [0.717, 1.165) is 0 Å². The van der Waals surface area contributed by atoms with Crippen LogP contribution in [-0.4, -0.2) is 9.03 Å². The molecule has 0 aliphatic heterocycles. The molecule has 0 heterocycles. The molecule has 0 aromatic rings. The van der Waals surface area contributed by atoms with Crippen LogP contribution in [0.1, 0.15) is 0 Å². The van der Waals surface area contributed by atoms with Crippen molar-refractivity contribution < 1.29 is 9.36 Å². The van der Waals surface area contributed by atoms with Crippen molar-refractivity contribution in [2.75, 3.05) is 0 Å². The van der Waals surface area contributed by atoms with E-state index < -0.39 is 14.2 Å². The van der Waals surface area contributed by atoms with Crippen LogP contribution in [0, 0.1) is 0 Å². The molecule has 0 unspecified atom stereocenters. The molecule has 0 aromatic heterocycles. The minimum absolute atomic E-state index is 0.988. The summed E-state index contributed by atoms with van der Waals surface area (Å²) in [5.74, 6) is 0. The summed E-state index contributed by atoms with van der Waals surface area (Å²) in [6.45, 7) is 0. The van der Waals surface area contributed by atoms with Crippen LogP contribution in [0.5, 0.6) is 0 Å². The van der Waals surface area contributed by atoms with Gasteiger partial charge in [-0.3, -0.25) is 9.36 Å². The van der Waals surface area contributed by atoms with Crippen LogP contribution in [0.4, 0.5) is 0 Å².